The molecule has 0 saturated carbocycles. The van der Waals surface area contributed by atoms with Gasteiger partial charge in [0.25, 0.3) is 0 Å². The summed E-state index contributed by atoms with van der Waals surface area (Å²) in [6, 6.07) is 9.68. The average Bonchev–Trinajstić information content (AvgIpc) is 2.91. The van der Waals surface area contributed by atoms with Crippen molar-refractivity contribution in [2.75, 3.05) is 0 Å². The van der Waals surface area contributed by atoms with Crippen molar-refractivity contribution in [3.63, 3.8) is 0 Å². The molecular weight excluding hydrogens is 275 g/mol. The molecule has 0 radical (unpaired) electrons. The number of carboxylic acids is 1. The van der Waals surface area contributed by atoms with Gasteiger partial charge in [-0.15, -0.1) is 0 Å². The molecule has 0 amide bonds. The van der Waals surface area contributed by atoms with E-state index in [2.05, 4.69) is 4.98 Å². The number of rotatable bonds is 4. The third-order valence-corrected chi connectivity index (χ3v) is 3.01. The molecular formula is C15H11FN2O3. The van der Waals surface area contributed by atoms with Crippen LogP contribution >= 0.6 is 0 Å². The number of benzene rings is 1. The Morgan fingerprint density at radius 3 is 2.86 bits per heavy atom. The number of aromatic nitrogens is 2. The van der Waals surface area contributed by atoms with Gasteiger partial charge in [0.05, 0.1) is 0 Å². The van der Waals surface area contributed by atoms with Gasteiger partial charge in [-0.05, 0) is 18.2 Å². The predicted molar refractivity (Wildman–Crippen MR) is 72.9 cm³/mol. The zero-order valence-corrected chi connectivity index (χ0v) is 10.9. The third kappa shape index (κ3) is 2.55. The average molecular weight is 286 g/mol. The first-order chi connectivity index (χ1) is 10.1. The van der Waals surface area contributed by atoms with Crippen LogP contribution in [0.15, 0.2) is 48.8 Å². The summed E-state index contributed by atoms with van der Waals surface area (Å²) >= 11 is 0. The van der Waals surface area contributed by atoms with Gasteiger partial charge in [-0.2, -0.15) is 0 Å². The fourth-order valence-electron chi connectivity index (χ4n) is 1.97. The van der Waals surface area contributed by atoms with Crippen LogP contribution in [0.2, 0.25) is 0 Å². The maximum absolute atomic E-state index is 13.5. The van der Waals surface area contributed by atoms with Crippen molar-refractivity contribution < 1.29 is 19.0 Å². The topological polar surface area (TPSA) is 63.8 Å². The van der Waals surface area contributed by atoms with Crippen molar-refractivity contribution in [2.24, 2.45) is 0 Å². The summed E-state index contributed by atoms with van der Waals surface area (Å²) in [5.41, 5.74) is 0.729. The summed E-state index contributed by atoms with van der Waals surface area (Å²) in [4.78, 5) is 14.9. The number of hydrogen-bond acceptors (Lipinski definition) is 3. The molecule has 0 fully saturated rings. The first-order valence-electron chi connectivity index (χ1n) is 6.22. The van der Waals surface area contributed by atoms with Crippen LogP contribution in [0.4, 0.5) is 4.39 Å². The van der Waals surface area contributed by atoms with Crippen LogP contribution in [0.5, 0.6) is 5.75 Å². The number of carboxylic acid groups (broad SMARTS) is 1. The lowest BCUT2D eigenvalue weighted by molar-refractivity contribution is 0.0691. The van der Waals surface area contributed by atoms with Gasteiger partial charge < -0.3 is 14.2 Å². The van der Waals surface area contributed by atoms with Crippen LogP contribution in [0.25, 0.3) is 5.65 Å². The van der Waals surface area contributed by atoms with E-state index in [1.807, 2.05) is 0 Å². The van der Waals surface area contributed by atoms with Crippen LogP contribution in [-0.2, 0) is 6.61 Å². The summed E-state index contributed by atoms with van der Waals surface area (Å²) in [7, 11) is 0. The number of halogens is 1. The normalized spacial score (nSPS) is 10.7. The zero-order valence-electron chi connectivity index (χ0n) is 10.9. The number of fused-ring (bicyclic) bond motifs is 1. The van der Waals surface area contributed by atoms with E-state index in [1.54, 1.807) is 40.9 Å². The Morgan fingerprint density at radius 1 is 1.29 bits per heavy atom. The number of hydrogen-bond donors (Lipinski definition) is 1. The van der Waals surface area contributed by atoms with E-state index < -0.39 is 5.97 Å². The molecule has 2 heterocycles. The highest BCUT2D eigenvalue weighted by Gasteiger charge is 2.12. The van der Waals surface area contributed by atoms with Crippen molar-refractivity contribution >= 4 is 11.6 Å². The van der Waals surface area contributed by atoms with Crippen molar-refractivity contribution in [1.82, 2.24) is 9.38 Å². The summed E-state index contributed by atoms with van der Waals surface area (Å²) < 4.78 is 20.7. The smallest absolute Gasteiger partial charge is 0.356 e. The quantitative estimate of drug-likeness (QED) is 0.801. The Kier molecular flexibility index (Phi) is 3.27. The van der Waals surface area contributed by atoms with Crippen molar-refractivity contribution in [3.8, 4) is 5.75 Å². The lowest BCUT2D eigenvalue weighted by Gasteiger charge is -2.07. The van der Waals surface area contributed by atoms with Gasteiger partial charge in [0.2, 0.25) is 0 Å². The lowest BCUT2D eigenvalue weighted by atomic mass is 10.2. The summed E-state index contributed by atoms with van der Waals surface area (Å²) in [6.07, 6.45) is 3.07. The largest absolute Gasteiger partial charge is 0.485 e. The van der Waals surface area contributed by atoms with Crippen molar-refractivity contribution in [3.05, 3.63) is 65.9 Å². The molecule has 1 aromatic carbocycles. The number of aromatic carboxylic acids is 1. The molecule has 0 aliphatic rings. The fourth-order valence-corrected chi connectivity index (χ4v) is 1.97. The van der Waals surface area contributed by atoms with Gasteiger partial charge in [-0.25, -0.2) is 14.2 Å². The molecule has 3 aromatic rings. The summed E-state index contributed by atoms with van der Waals surface area (Å²) in [5.74, 6) is -1.06. The predicted octanol–water partition coefficient (Wildman–Crippen LogP) is 2.75. The standard InChI is InChI=1S/C15H11FN2O3/c16-11-5-2-1-4-10(11)9-21-13-6-3-7-18-8-12(15(19)20)17-14(13)18/h1-8H,9H2,(H,19,20). The van der Waals surface area contributed by atoms with E-state index >= 15 is 0 Å². The molecule has 2 aromatic heterocycles. The van der Waals surface area contributed by atoms with E-state index in [1.165, 1.54) is 12.3 Å². The maximum atomic E-state index is 13.5. The van der Waals surface area contributed by atoms with Gasteiger partial charge in [0.1, 0.15) is 12.4 Å². The SMILES string of the molecule is O=C(O)c1cn2cccc(OCc3ccccc3F)c2n1. The highest BCUT2D eigenvalue weighted by Crippen LogP contribution is 2.21. The number of nitrogens with zero attached hydrogens (tertiary/aromatic N) is 2. The molecule has 0 bridgehead atoms. The number of ether oxygens (including phenoxy) is 1. The van der Waals surface area contributed by atoms with E-state index in [0.29, 0.717) is 17.0 Å². The molecule has 6 heteroatoms. The second kappa shape index (κ2) is 5.24. The molecule has 0 unspecified atom stereocenters. The first kappa shape index (κ1) is 13.1. The number of carbonyl (C=O) groups is 1. The minimum Gasteiger partial charge on any atom is -0.485 e. The number of imidazole rings is 1. The Hall–Kier alpha value is -2.89. The highest BCUT2D eigenvalue weighted by atomic mass is 19.1. The molecule has 106 valence electrons. The van der Waals surface area contributed by atoms with E-state index in [0.717, 1.165) is 0 Å². The Balaban J connectivity index is 1.90. The van der Waals surface area contributed by atoms with Crippen molar-refractivity contribution in [2.45, 2.75) is 6.61 Å². The Bertz CT molecular complexity index is 814. The summed E-state index contributed by atoms with van der Waals surface area (Å²) in [5, 5.41) is 8.95. The van der Waals surface area contributed by atoms with E-state index in [9.17, 15) is 9.18 Å². The van der Waals surface area contributed by atoms with Crippen LogP contribution in [0.1, 0.15) is 16.1 Å². The third-order valence-electron chi connectivity index (χ3n) is 3.01. The van der Waals surface area contributed by atoms with Crippen molar-refractivity contribution in [1.29, 1.82) is 0 Å². The fraction of sp³-hybridized carbons (Fsp3) is 0.0667. The van der Waals surface area contributed by atoms with Gasteiger partial charge in [-0.3, -0.25) is 0 Å². The molecule has 3 rings (SSSR count). The highest BCUT2D eigenvalue weighted by molar-refractivity contribution is 5.86. The van der Waals surface area contributed by atoms with Crippen LogP contribution in [0, 0.1) is 5.82 Å². The first-order valence-corrected chi connectivity index (χ1v) is 6.22. The van der Waals surface area contributed by atoms with Gasteiger partial charge in [0, 0.05) is 18.0 Å². The molecule has 0 aliphatic carbocycles. The van der Waals surface area contributed by atoms with Crippen LogP contribution < -0.4 is 4.74 Å². The molecule has 0 spiro atoms. The minimum absolute atomic E-state index is 0.0433. The zero-order chi connectivity index (χ0) is 14.8. The van der Waals surface area contributed by atoms with Gasteiger partial charge in [-0.1, -0.05) is 18.2 Å². The summed E-state index contributed by atoms with van der Waals surface area (Å²) in [6.45, 7) is 0.0433. The molecule has 1 N–H and O–H groups in total. The molecule has 0 aliphatic heterocycles. The monoisotopic (exact) mass is 286 g/mol. The number of pyridine rings is 1. The van der Waals surface area contributed by atoms with E-state index in [4.69, 9.17) is 9.84 Å². The van der Waals surface area contributed by atoms with E-state index in [-0.39, 0.29) is 18.1 Å². The van der Waals surface area contributed by atoms with Crippen LogP contribution in [0.3, 0.4) is 0 Å². The lowest BCUT2D eigenvalue weighted by Crippen LogP contribution is -2.00. The van der Waals surface area contributed by atoms with Gasteiger partial charge in [0.15, 0.2) is 17.1 Å². The molecule has 21 heavy (non-hydrogen) atoms. The molecule has 0 saturated heterocycles. The maximum Gasteiger partial charge on any atom is 0.356 e. The molecule has 5 nitrogen and oxygen atoms in total. The second-order valence-corrected chi connectivity index (χ2v) is 4.41. The Morgan fingerprint density at radius 2 is 2.10 bits per heavy atom. The minimum atomic E-state index is -1.11. The second-order valence-electron chi connectivity index (χ2n) is 4.41. The Labute approximate surface area is 119 Å². The molecule has 0 atom stereocenters. The van der Waals surface area contributed by atoms with Gasteiger partial charge >= 0.3 is 5.97 Å². The van der Waals surface area contributed by atoms with Crippen LogP contribution in [-0.4, -0.2) is 20.5 Å².